The minimum atomic E-state index is 0.163. The molecule has 64 valence electrons. The van der Waals surface area contributed by atoms with Crippen LogP contribution in [-0.4, -0.2) is 11.7 Å². The fourth-order valence-electron chi connectivity index (χ4n) is 0.891. The van der Waals surface area contributed by atoms with Crippen LogP contribution in [0.5, 0.6) is 0 Å². The Balaban J connectivity index is 3.98. The lowest BCUT2D eigenvalue weighted by atomic mass is 10.0. The van der Waals surface area contributed by atoms with E-state index in [0.29, 0.717) is 5.92 Å². The van der Waals surface area contributed by atoms with Gasteiger partial charge in [-0.25, -0.2) is 0 Å². The molecule has 0 spiro atoms. The molecule has 0 rings (SSSR count). The van der Waals surface area contributed by atoms with Gasteiger partial charge in [-0.3, -0.25) is 0 Å². The fraction of sp³-hybridized carbons (Fsp3) is 0.600. The van der Waals surface area contributed by atoms with Gasteiger partial charge in [-0.2, -0.15) is 0 Å². The average Bonchev–Trinajstić information content (AvgIpc) is 2.03. The van der Waals surface area contributed by atoms with Gasteiger partial charge in [0, 0.05) is 0 Å². The fourth-order valence-corrected chi connectivity index (χ4v) is 0.891. The highest BCUT2D eigenvalue weighted by Crippen LogP contribution is 2.09. The minimum absolute atomic E-state index is 0.163. The first kappa shape index (κ1) is 10.4. The summed E-state index contributed by atoms with van der Waals surface area (Å²) < 4.78 is 0. The Hall–Kier alpha value is -0.560. The lowest BCUT2D eigenvalue weighted by molar-refractivity contribution is 0.327. The van der Waals surface area contributed by atoms with Crippen molar-refractivity contribution in [1.82, 2.24) is 0 Å². The highest BCUT2D eigenvalue weighted by molar-refractivity contribution is 5.07. The van der Waals surface area contributed by atoms with E-state index in [1.807, 2.05) is 6.08 Å². The van der Waals surface area contributed by atoms with E-state index in [1.54, 1.807) is 0 Å². The third-order valence-electron chi connectivity index (χ3n) is 1.77. The maximum absolute atomic E-state index is 8.89. The highest BCUT2D eigenvalue weighted by Gasteiger charge is 1.96. The van der Waals surface area contributed by atoms with Crippen LogP contribution < -0.4 is 0 Å². The van der Waals surface area contributed by atoms with Gasteiger partial charge in [-0.05, 0) is 17.9 Å². The summed E-state index contributed by atoms with van der Waals surface area (Å²) in [5.41, 5.74) is 1.08. The van der Waals surface area contributed by atoms with Crippen LogP contribution in [0.1, 0.15) is 26.7 Å². The van der Waals surface area contributed by atoms with Gasteiger partial charge in [0.05, 0.1) is 6.61 Å². The van der Waals surface area contributed by atoms with Gasteiger partial charge >= 0.3 is 0 Å². The molecule has 0 saturated heterocycles. The van der Waals surface area contributed by atoms with Crippen LogP contribution in [0, 0.1) is 5.92 Å². The molecule has 0 aromatic rings. The molecule has 1 heteroatoms. The maximum Gasteiger partial charge on any atom is 0.0644 e. The van der Waals surface area contributed by atoms with Crippen molar-refractivity contribution in [2.24, 2.45) is 5.92 Å². The van der Waals surface area contributed by atoms with E-state index in [0.717, 1.165) is 18.4 Å². The van der Waals surface area contributed by atoms with Gasteiger partial charge in [0.1, 0.15) is 0 Å². The van der Waals surface area contributed by atoms with Crippen molar-refractivity contribution in [1.29, 1.82) is 0 Å². The molecule has 0 saturated carbocycles. The van der Waals surface area contributed by atoms with Gasteiger partial charge in [0.2, 0.25) is 0 Å². The van der Waals surface area contributed by atoms with Gasteiger partial charge in [0.25, 0.3) is 0 Å². The Labute approximate surface area is 69.4 Å². The largest absolute Gasteiger partial charge is 0.392 e. The summed E-state index contributed by atoms with van der Waals surface area (Å²) in [5.74, 6) is 0.567. The van der Waals surface area contributed by atoms with Crippen molar-refractivity contribution in [2.75, 3.05) is 6.61 Å². The smallest absolute Gasteiger partial charge is 0.0644 e. The van der Waals surface area contributed by atoms with Crippen LogP contribution in [0.3, 0.4) is 0 Å². The Morgan fingerprint density at radius 2 is 2.27 bits per heavy atom. The second-order valence-electron chi connectivity index (χ2n) is 2.86. The number of rotatable bonds is 5. The third-order valence-corrected chi connectivity index (χ3v) is 1.77. The molecular formula is C10H18O. The lowest BCUT2D eigenvalue weighted by Crippen LogP contribution is -1.94. The Kier molecular flexibility index (Phi) is 5.86. The summed E-state index contributed by atoms with van der Waals surface area (Å²) in [5, 5.41) is 8.89. The van der Waals surface area contributed by atoms with Crippen LogP contribution in [0.2, 0.25) is 0 Å². The van der Waals surface area contributed by atoms with E-state index in [1.165, 1.54) is 0 Å². The zero-order valence-corrected chi connectivity index (χ0v) is 7.51. The van der Waals surface area contributed by atoms with Crippen molar-refractivity contribution >= 4 is 0 Å². The predicted octanol–water partition coefficient (Wildman–Crippen LogP) is 2.53. The van der Waals surface area contributed by atoms with Crippen LogP contribution in [-0.2, 0) is 0 Å². The van der Waals surface area contributed by atoms with Crippen molar-refractivity contribution in [3.05, 3.63) is 24.3 Å². The quantitative estimate of drug-likeness (QED) is 0.603. The third kappa shape index (κ3) is 4.79. The van der Waals surface area contributed by atoms with Crippen LogP contribution in [0.4, 0.5) is 0 Å². The summed E-state index contributed by atoms with van der Waals surface area (Å²) >= 11 is 0. The van der Waals surface area contributed by atoms with E-state index in [2.05, 4.69) is 26.5 Å². The van der Waals surface area contributed by atoms with E-state index >= 15 is 0 Å². The average molecular weight is 154 g/mol. The first-order valence-corrected chi connectivity index (χ1v) is 4.15. The molecule has 0 heterocycles. The molecule has 0 aromatic heterocycles. The number of aliphatic hydroxyl groups excluding tert-OH is 1. The van der Waals surface area contributed by atoms with Gasteiger partial charge in [-0.1, -0.05) is 32.4 Å². The topological polar surface area (TPSA) is 20.2 Å². The normalized spacial score (nSPS) is 14.6. The Morgan fingerprint density at radius 1 is 1.64 bits per heavy atom. The molecule has 1 N–H and O–H groups in total. The molecule has 0 unspecified atom stereocenters. The molecule has 0 aliphatic heterocycles. The van der Waals surface area contributed by atoms with Gasteiger partial charge < -0.3 is 5.11 Å². The van der Waals surface area contributed by atoms with Crippen LogP contribution in [0.25, 0.3) is 0 Å². The SMILES string of the molecule is C=CC/C(=C\[C@@H](C)CC)CO. The zero-order valence-electron chi connectivity index (χ0n) is 7.51. The summed E-state index contributed by atoms with van der Waals surface area (Å²) in [6, 6.07) is 0. The molecule has 0 radical (unpaired) electrons. The van der Waals surface area contributed by atoms with Crippen molar-refractivity contribution < 1.29 is 5.11 Å². The first-order chi connectivity index (χ1) is 5.24. The van der Waals surface area contributed by atoms with Crippen molar-refractivity contribution in [2.45, 2.75) is 26.7 Å². The molecule has 0 fully saturated rings. The van der Waals surface area contributed by atoms with E-state index < -0.39 is 0 Å². The first-order valence-electron chi connectivity index (χ1n) is 4.15. The van der Waals surface area contributed by atoms with E-state index in [4.69, 9.17) is 5.11 Å². The molecule has 0 bridgehead atoms. The molecule has 0 aliphatic rings. The van der Waals surface area contributed by atoms with Crippen molar-refractivity contribution in [3.63, 3.8) is 0 Å². The number of aliphatic hydroxyl groups is 1. The maximum atomic E-state index is 8.89. The summed E-state index contributed by atoms with van der Waals surface area (Å²) in [7, 11) is 0. The molecule has 0 aromatic carbocycles. The summed E-state index contributed by atoms with van der Waals surface area (Å²) in [6.45, 7) is 8.09. The Morgan fingerprint density at radius 3 is 2.64 bits per heavy atom. The number of hydrogen-bond donors (Lipinski definition) is 1. The standard InChI is InChI=1S/C10H18O/c1-4-6-10(8-11)7-9(3)5-2/h4,7,9,11H,1,5-6,8H2,2-3H3/b10-7+/t9-/m0/s1. The molecule has 11 heavy (non-hydrogen) atoms. The van der Waals surface area contributed by atoms with Crippen LogP contribution in [0.15, 0.2) is 24.3 Å². The predicted molar refractivity (Wildman–Crippen MR) is 49.4 cm³/mol. The highest BCUT2D eigenvalue weighted by atomic mass is 16.3. The summed E-state index contributed by atoms with van der Waals surface area (Å²) in [6.07, 6.45) is 5.88. The Bertz CT molecular complexity index is 136. The van der Waals surface area contributed by atoms with Gasteiger partial charge in [0.15, 0.2) is 0 Å². The molecule has 1 nitrogen and oxygen atoms in total. The monoisotopic (exact) mass is 154 g/mol. The van der Waals surface area contributed by atoms with E-state index in [9.17, 15) is 0 Å². The molecule has 0 amide bonds. The van der Waals surface area contributed by atoms with E-state index in [-0.39, 0.29) is 6.61 Å². The second-order valence-corrected chi connectivity index (χ2v) is 2.86. The zero-order chi connectivity index (χ0) is 8.69. The number of allylic oxidation sites excluding steroid dienone is 2. The number of hydrogen-bond acceptors (Lipinski definition) is 1. The summed E-state index contributed by atoms with van der Waals surface area (Å²) in [4.78, 5) is 0. The van der Waals surface area contributed by atoms with Crippen molar-refractivity contribution in [3.8, 4) is 0 Å². The lowest BCUT2D eigenvalue weighted by Gasteiger charge is -2.04. The molecule has 0 aliphatic carbocycles. The molecular weight excluding hydrogens is 136 g/mol. The minimum Gasteiger partial charge on any atom is -0.392 e. The second kappa shape index (κ2) is 6.17. The molecule has 1 atom stereocenters. The van der Waals surface area contributed by atoms with Crippen LogP contribution >= 0.6 is 0 Å². The van der Waals surface area contributed by atoms with Gasteiger partial charge in [-0.15, -0.1) is 6.58 Å².